The van der Waals surface area contributed by atoms with Crippen molar-refractivity contribution in [1.82, 2.24) is 9.55 Å². The summed E-state index contributed by atoms with van der Waals surface area (Å²) in [6.07, 6.45) is 0.849. The van der Waals surface area contributed by atoms with E-state index in [0.717, 1.165) is 21.2 Å². The summed E-state index contributed by atoms with van der Waals surface area (Å²) in [6.45, 7) is 0.701. The van der Waals surface area contributed by atoms with Gasteiger partial charge >= 0.3 is 0 Å². The van der Waals surface area contributed by atoms with E-state index in [1.165, 1.54) is 10.9 Å². The lowest BCUT2D eigenvalue weighted by Gasteiger charge is -2.04. The molecule has 3 rings (SSSR count). The van der Waals surface area contributed by atoms with Crippen LogP contribution in [0.25, 0.3) is 11.0 Å². The van der Waals surface area contributed by atoms with Crippen LogP contribution in [0.1, 0.15) is 4.88 Å². The highest BCUT2D eigenvalue weighted by Gasteiger charge is 2.09. The van der Waals surface area contributed by atoms with E-state index < -0.39 is 5.82 Å². The van der Waals surface area contributed by atoms with E-state index in [0.29, 0.717) is 11.3 Å². The van der Waals surface area contributed by atoms with Crippen molar-refractivity contribution in [2.24, 2.45) is 0 Å². The SMILES string of the molecule is Fc1cc2c(cc1Cl)[nH]c(=S)n2CCc1ccc(Br)s1. The molecule has 0 fully saturated rings. The molecule has 7 heteroatoms. The third-order valence-electron chi connectivity index (χ3n) is 3.03. The minimum absolute atomic E-state index is 0.100. The van der Waals surface area contributed by atoms with Crippen LogP contribution in [0.4, 0.5) is 4.39 Å². The fourth-order valence-corrected chi connectivity index (χ4v) is 4.02. The van der Waals surface area contributed by atoms with Gasteiger partial charge in [-0.05, 0) is 52.8 Å². The summed E-state index contributed by atoms with van der Waals surface area (Å²) in [5.74, 6) is -0.430. The molecule has 0 atom stereocenters. The van der Waals surface area contributed by atoms with Crippen molar-refractivity contribution in [2.75, 3.05) is 0 Å². The number of fused-ring (bicyclic) bond motifs is 1. The highest BCUT2D eigenvalue weighted by Crippen LogP contribution is 2.25. The van der Waals surface area contributed by atoms with Crippen LogP contribution in [0.15, 0.2) is 28.1 Å². The summed E-state index contributed by atoms with van der Waals surface area (Å²) in [4.78, 5) is 4.31. The molecule has 20 heavy (non-hydrogen) atoms. The number of hydrogen-bond acceptors (Lipinski definition) is 2. The minimum Gasteiger partial charge on any atom is -0.331 e. The summed E-state index contributed by atoms with van der Waals surface area (Å²) in [5, 5.41) is 0.100. The van der Waals surface area contributed by atoms with Crippen LogP contribution in [0, 0.1) is 10.6 Å². The number of H-pyrrole nitrogens is 1. The molecule has 0 aliphatic heterocycles. The Balaban J connectivity index is 1.96. The lowest BCUT2D eigenvalue weighted by atomic mass is 10.3. The number of thiophene rings is 1. The molecule has 3 aromatic rings. The Bertz CT molecular complexity index is 837. The maximum absolute atomic E-state index is 13.6. The van der Waals surface area contributed by atoms with Crippen LogP contribution in [0.5, 0.6) is 0 Å². The Hall–Kier alpha value is -0.690. The van der Waals surface area contributed by atoms with Gasteiger partial charge in [0.25, 0.3) is 0 Å². The van der Waals surface area contributed by atoms with Crippen molar-refractivity contribution in [3.63, 3.8) is 0 Å². The lowest BCUT2D eigenvalue weighted by Crippen LogP contribution is -2.00. The van der Waals surface area contributed by atoms with Crippen molar-refractivity contribution in [3.05, 3.63) is 48.5 Å². The van der Waals surface area contributed by atoms with E-state index >= 15 is 0 Å². The molecule has 0 aliphatic carbocycles. The van der Waals surface area contributed by atoms with Crippen molar-refractivity contribution in [2.45, 2.75) is 13.0 Å². The first-order valence-electron chi connectivity index (χ1n) is 5.86. The maximum atomic E-state index is 13.6. The van der Waals surface area contributed by atoms with E-state index in [1.54, 1.807) is 17.4 Å². The van der Waals surface area contributed by atoms with Gasteiger partial charge in [-0.1, -0.05) is 11.6 Å². The van der Waals surface area contributed by atoms with Gasteiger partial charge in [-0.3, -0.25) is 0 Å². The van der Waals surface area contributed by atoms with Crippen LogP contribution >= 0.6 is 51.1 Å². The number of nitrogens with one attached hydrogen (secondary N) is 1. The van der Waals surface area contributed by atoms with Gasteiger partial charge in [0, 0.05) is 17.5 Å². The summed E-state index contributed by atoms with van der Waals surface area (Å²) >= 11 is 16.2. The number of hydrogen-bond donors (Lipinski definition) is 1. The zero-order valence-electron chi connectivity index (χ0n) is 10.1. The van der Waals surface area contributed by atoms with Gasteiger partial charge < -0.3 is 9.55 Å². The van der Waals surface area contributed by atoms with E-state index in [1.807, 2.05) is 10.6 Å². The molecular formula is C13H9BrClFN2S2. The molecule has 1 N–H and O–H groups in total. The lowest BCUT2D eigenvalue weighted by molar-refractivity contribution is 0.627. The molecule has 0 bridgehead atoms. The number of halogens is 3. The second-order valence-electron chi connectivity index (χ2n) is 4.32. The minimum atomic E-state index is -0.430. The predicted molar refractivity (Wildman–Crippen MR) is 87.8 cm³/mol. The largest absolute Gasteiger partial charge is 0.331 e. The molecule has 0 saturated heterocycles. The van der Waals surface area contributed by atoms with Gasteiger partial charge in [0.05, 0.1) is 19.8 Å². The number of imidazole rings is 1. The Kier molecular flexibility index (Phi) is 3.99. The number of aryl methyl sites for hydroxylation is 2. The molecule has 1 aromatic carbocycles. The zero-order valence-corrected chi connectivity index (χ0v) is 14.1. The third kappa shape index (κ3) is 2.70. The molecule has 0 saturated carbocycles. The molecule has 2 aromatic heterocycles. The van der Waals surface area contributed by atoms with Gasteiger partial charge in [-0.15, -0.1) is 11.3 Å². The quantitative estimate of drug-likeness (QED) is 0.580. The van der Waals surface area contributed by atoms with Crippen LogP contribution < -0.4 is 0 Å². The molecule has 0 amide bonds. The number of nitrogens with zero attached hydrogens (tertiary/aromatic N) is 1. The summed E-state index contributed by atoms with van der Waals surface area (Å²) < 4.78 is 17.2. The normalized spacial score (nSPS) is 11.3. The molecule has 0 spiro atoms. The van der Waals surface area contributed by atoms with Crippen molar-refractivity contribution < 1.29 is 4.39 Å². The monoisotopic (exact) mass is 390 g/mol. The van der Waals surface area contributed by atoms with E-state index in [9.17, 15) is 4.39 Å². The summed E-state index contributed by atoms with van der Waals surface area (Å²) in [7, 11) is 0. The average Bonchev–Trinajstić information content (AvgIpc) is 2.92. The van der Waals surface area contributed by atoms with Gasteiger partial charge in [-0.2, -0.15) is 0 Å². The highest BCUT2D eigenvalue weighted by molar-refractivity contribution is 9.11. The predicted octanol–water partition coefficient (Wildman–Crippen LogP) is 5.56. The van der Waals surface area contributed by atoms with Crippen molar-refractivity contribution in [1.29, 1.82) is 0 Å². The number of aromatic nitrogens is 2. The smallest absolute Gasteiger partial charge is 0.178 e. The molecular weight excluding hydrogens is 383 g/mol. The zero-order chi connectivity index (χ0) is 14.3. The van der Waals surface area contributed by atoms with E-state index in [-0.39, 0.29) is 5.02 Å². The van der Waals surface area contributed by atoms with Crippen molar-refractivity contribution in [3.8, 4) is 0 Å². The Morgan fingerprint density at radius 2 is 2.20 bits per heavy atom. The third-order valence-corrected chi connectivity index (χ3v) is 5.32. The van der Waals surface area contributed by atoms with Gasteiger partial charge in [-0.25, -0.2) is 4.39 Å². The molecule has 104 valence electrons. The standard InChI is InChI=1S/C13H9BrClFN2S2/c14-12-2-1-7(20-12)3-4-18-11-6-9(16)8(15)5-10(11)17-13(18)19/h1-2,5-6H,3-4H2,(H,17,19). The molecule has 0 radical (unpaired) electrons. The van der Waals surface area contributed by atoms with Gasteiger partial charge in [0.15, 0.2) is 4.77 Å². The Labute approximate surface area is 137 Å². The average molecular weight is 392 g/mol. The van der Waals surface area contributed by atoms with Crippen LogP contribution in [-0.2, 0) is 13.0 Å². The second kappa shape index (κ2) is 5.60. The Morgan fingerprint density at radius 3 is 2.90 bits per heavy atom. The summed E-state index contributed by atoms with van der Waals surface area (Å²) in [6, 6.07) is 7.09. The summed E-state index contributed by atoms with van der Waals surface area (Å²) in [5.41, 5.74) is 1.50. The van der Waals surface area contributed by atoms with E-state index in [2.05, 4.69) is 27.0 Å². The van der Waals surface area contributed by atoms with Crippen molar-refractivity contribution >= 4 is 62.1 Å². The van der Waals surface area contributed by atoms with Crippen LogP contribution in [-0.4, -0.2) is 9.55 Å². The number of rotatable bonds is 3. The fraction of sp³-hybridized carbons (Fsp3) is 0.154. The molecule has 0 aliphatic rings. The van der Waals surface area contributed by atoms with Crippen LogP contribution in [0.3, 0.4) is 0 Å². The number of aromatic amines is 1. The van der Waals surface area contributed by atoms with E-state index in [4.69, 9.17) is 23.8 Å². The Morgan fingerprint density at radius 1 is 1.40 bits per heavy atom. The van der Waals surface area contributed by atoms with Gasteiger partial charge in [0.1, 0.15) is 5.82 Å². The fourth-order valence-electron chi connectivity index (χ4n) is 2.08. The first-order chi connectivity index (χ1) is 9.54. The molecule has 0 unspecified atom stereocenters. The first kappa shape index (κ1) is 14.3. The second-order valence-corrected chi connectivity index (χ2v) is 7.66. The molecule has 2 nitrogen and oxygen atoms in total. The maximum Gasteiger partial charge on any atom is 0.178 e. The molecule has 2 heterocycles. The highest BCUT2D eigenvalue weighted by atomic mass is 79.9. The van der Waals surface area contributed by atoms with Gasteiger partial charge in [0.2, 0.25) is 0 Å². The first-order valence-corrected chi connectivity index (χ1v) is 8.26. The topological polar surface area (TPSA) is 20.7 Å². The van der Waals surface area contributed by atoms with Crippen LogP contribution in [0.2, 0.25) is 5.02 Å². The number of benzene rings is 1.